The monoisotopic (exact) mass is 234 g/mol. The largest absolute Gasteiger partial charge is 0.380 e. The van der Waals surface area contributed by atoms with Gasteiger partial charge in [-0.2, -0.15) is 0 Å². The van der Waals surface area contributed by atoms with Gasteiger partial charge in [0.2, 0.25) is 5.91 Å². The van der Waals surface area contributed by atoms with Gasteiger partial charge in [0.05, 0.1) is 6.61 Å². The molecule has 0 bridgehead atoms. The Bertz CT molecular complexity index is 368. The van der Waals surface area contributed by atoms with E-state index in [1.807, 2.05) is 25.1 Å². The van der Waals surface area contributed by atoms with Gasteiger partial charge in [0.15, 0.2) is 0 Å². The van der Waals surface area contributed by atoms with Crippen LogP contribution in [-0.4, -0.2) is 31.7 Å². The normalized spacial score (nSPS) is 17.4. The number of para-hydroxylation sites is 1. The summed E-state index contributed by atoms with van der Waals surface area (Å²) in [5, 5.41) is 6.09. The zero-order chi connectivity index (χ0) is 12.1. The van der Waals surface area contributed by atoms with Crippen LogP contribution in [0.4, 0.5) is 5.69 Å². The number of hydrogen-bond acceptors (Lipinski definition) is 3. The van der Waals surface area contributed by atoms with Crippen LogP contribution in [-0.2, 0) is 16.0 Å². The lowest BCUT2D eigenvalue weighted by atomic mass is 10.1. The van der Waals surface area contributed by atoms with Crippen LogP contribution in [0.15, 0.2) is 24.3 Å². The molecule has 2 rings (SSSR count). The second kappa shape index (κ2) is 5.68. The number of rotatable bonds is 5. The average Bonchev–Trinajstić information content (AvgIpc) is 2.78. The quantitative estimate of drug-likeness (QED) is 0.752. The van der Waals surface area contributed by atoms with E-state index in [-0.39, 0.29) is 11.9 Å². The third kappa shape index (κ3) is 2.97. The summed E-state index contributed by atoms with van der Waals surface area (Å²) in [6.45, 7) is 3.77. The van der Waals surface area contributed by atoms with Crippen LogP contribution in [0.3, 0.4) is 0 Å². The molecule has 1 aliphatic heterocycles. The van der Waals surface area contributed by atoms with Gasteiger partial charge in [-0.15, -0.1) is 0 Å². The number of fused-ring (bicyclic) bond motifs is 1. The van der Waals surface area contributed by atoms with E-state index in [1.165, 1.54) is 5.56 Å². The maximum atomic E-state index is 11.8. The summed E-state index contributed by atoms with van der Waals surface area (Å²) >= 11 is 0. The number of anilines is 1. The molecule has 92 valence electrons. The van der Waals surface area contributed by atoms with Gasteiger partial charge in [-0.3, -0.25) is 4.79 Å². The molecule has 1 amide bonds. The Kier molecular flexibility index (Phi) is 3.98. The van der Waals surface area contributed by atoms with Gasteiger partial charge in [0.25, 0.3) is 0 Å². The summed E-state index contributed by atoms with van der Waals surface area (Å²) in [5.41, 5.74) is 2.27. The number of nitrogens with one attached hydrogen (secondary N) is 2. The van der Waals surface area contributed by atoms with E-state index in [9.17, 15) is 4.79 Å². The van der Waals surface area contributed by atoms with E-state index in [1.54, 1.807) is 0 Å². The van der Waals surface area contributed by atoms with Crippen LogP contribution in [0.2, 0.25) is 0 Å². The number of benzene rings is 1. The highest BCUT2D eigenvalue weighted by molar-refractivity contribution is 5.87. The van der Waals surface area contributed by atoms with Crippen molar-refractivity contribution in [3.8, 4) is 0 Å². The number of hydrogen-bond donors (Lipinski definition) is 2. The second-order valence-corrected chi connectivity index (χ2v) is 4.05. The van der Waals surface area contributed by atoms with Crippen LogP contribution < -0.4 is 10.6 Å². The average molecular weight is 234 g/mol. The van der Waals surface area contributed by atoms with Gasteiger partial charge < -0.3 is 15.4 Å². The Labute approximate surface area is 101 Å². The van der Waals surface area contributed by atoms with Crippen LogP contribution in [0.1, 0.15) is 12.5 Å². The lowest BCUT2D eigenvalue weighted by molar-refractivity contribution is -0.121. The van der Waals surface area contributed by atoms with Crippen molar-refractivity contribution in [3.63, 3.8) is 0 Å². The number of amides is 1. The molecule has 4 heteroatoms. The smallest absolute Gasteiger partial charge is 0.242 e. The van der Waals surface area contributed by atoms with Gasteiger partial charge in [-0.1, -0.05) is 18.2 Å². The maximum Gasteiger partial charge on any atom is 0.242 e. The van der Waals surface area contributed by atoms with Crippen molar-refractivity contribution in [2.45, 2.75) is 19.4 Å². The summed E-state index contributed by atoms with van der Waals surface area (Å²) in [7, 11) is 0. The molecular weight excluding hydrogens is 216 g/mol. The standard InChI is InChI=1S/C13H18N2O2/c1-2-17-8-7-14-13(16)12-9-10-5-3-4-6-11(10)15-12/h3-6,12,15H,2,7-9H2,1H3,(H,14,16)/t12-/m0/s1. The second-order valence-electron chi connectivity index (χ2n) is 4.05. The molecule has 0 aromatic heterocycles. The van der Waals surface area contributed by atoms with Crippen molar-refractivity contribution in [2.75, 3.05) is 25.1 Å². The molecule has 0 radical (unpaired) electrons. The molecule has 0 spiro atoms. The Morgan fingerprint density at radius 3 is 3.12 bits per heavy atom. The predicted octanol–water partition coefficient (Wildman–Crippen LogP) is 1.18. The molecule has 0 saturated heterocycles. The number of carbonyl (C=O) groups excluding carboxylic acids is 1. The number of ether oxygens (including phenoxy) is 1. The fourth-order valence-corrected chi connectivity index (χ4v) is 1.97. The molecule has 0 unspecified atom stereocenters. The summed E-state index contributed by atoms with van der Waals surface area (Å²) in [6, 6.07) is 7.88. The third-order valence-corrected chi connectivity index (χ3v) is 2.84. The first-order valence-corrected chi connectivity index (χ1v) is 6.01. The van der Waals surface area contributed by atoms with Crippen molar-refractivity contribution in [2.24, 2.45) is 0 Å². The highest BCUT2D eigenvalue weighted by Crippen LogP contribution is 2.24. The third-order valence-electron chi connectivity index (χ3n) is 2.84. The van der Waals surface area contributed by atoms with Gasteiger partial charge in [-0.25, -0.2) is 0 Å². The summed E-state index contributed by atoms with van der Waals surface area (Å²) in [6.07, 6.45) is 0.761. The molecule has 0 aliphatic carbocycles. The number of carbonyl (C=O) groups is 1. The van der Waals surface area contributed by atoms with Crippen LogP contribution in [0.5, 0.6) is 0 Å². The molecular formula is C13H18N2O2. The topological polar surface area (TPSA) is 50.4 Å². The SMILES string of the molecule is CCOCCNC(=O)[C@@H]1Cc2ccccc2N1. The molecule has 1 aliphatic rings. The summed E-state index contributed by atoms with van der Waals surface area (Å²) in [4.78, 5) is 11.8. The van der Waals surface area contributed by atoms with E-state index in [0.29, 0.717) is 19.8 Å². The van der Waals surface area contributed by atoms with Crippen molar-refractivity contribution < 1.29 is 9.53 Å². The Morgan fingerprint density at radius 2 is 2.35 bits per heavy atom. The van der Waals surface area contributed by atoms with Crippen LogP contribution in [0, 0.1) is 0 Å². The first-order valence-electron chi connectivity index (χ1n) is 6.01. The molecule has 0 saturated carbocycles. The predicted molar refractivity (Wildman–Crippen MR) is 67.1 cm³/mol. The highest BCUT2D eigenvalue weighted by atomic mass is 16.5. The lowest BCUT2D eigenvalue weighted by Gasteiger charge is -2.11. The van der Waals surface area contributed by atoms with E-state index < -0.39 is 0 Å². The molecule has 2 N–H and O–H groups in total. The molecule has 0 fully saturated rings. The zero-order valence-corrected chi connectivity index (χ0v) is 10.0. The van der Waals surface area contributed by atoms with Gasteiger partial charge in [0, 0.05) is 25.3 Å². The Morgan fingerprint density at radius 1 is 1.53 bits per heavy atom. The summed E-state index contributed by atoms with van der Waals surface area (Å²) in [5.74, 6) is 0.0425. The van der Waals surface area contributed by atoms with E-state index in [4.69, 9.17) is 4.74 Å². The fraction of sp³-hybridized carbons (Fsp3) is 0.462. The van der Waals surface area contributed by atoms with Gasteiger partial charge in [0.1, 0.15) is 6.04 Å². The highest BCUT2D eigenvalue weighted by Gasteiger charge is 2.25. The van der Waals surface area contributed by atoms with E-state index in [0.717, 1.165) is 12.1 Å². The minimum absolute atomic E-state index is 0.0425. The minimum Gasteiger partial charge on any atom is -0.380 e. The first-order chi connectivity index (χ1) is 8.31. The fourth-order valence-electron chi connectivity index (χ4n) is 1.97. The molecule has 17 heavy (non-hydrogen) atoms. The molecule has 1 aromatic carbocycles. The van der Waals surface area contributed by atoms with Gasteiger partial charge in [-0.05, 0) is 18.6 Å². The van der Waals surface area contributed by atoms with Gasteiger partial charge >= 0.3 is 0 Å². The van der Waals surface area contributed by atoms with Crippen LogP contribution in [0.25, 0.3) is 0 Å². The summed E-state index contributed by atoms with van der Waals surface area (Å²) < 4.78 is 5.17. The Balaban J connectivity index is 1.80. The van der Waals surface area contributed by atoms with Crippen LogP contribution >= 0.6 is 0 Å². The van der Waals surface area contributed by atoms with Crippen molar-refractivity contribution in [1.29, 1.82) is 0 Å². The molecule has 1 aromatic rings. The van der Waals surface area contributed by atoms with Crippen molar-refractivity contribution in [1.82, 2.24) is 5.32 Å². The molecule has 1 atom stereocenters. The van der Waals surface area contributed by atoms with Crippen molar-refractivity contribution in [3.05, 3.63) is 29.8 Å². The molecule has 4 nitrogen and oxygen atoms in total. The maximum absolute atomic E-state index is 11.8. The Hall–Kier alpha value is -1.55. The lowest BCUT2D eigenvalue weighted by Crippen LogP contribution is -2.39. The minimum atomic E-state index is -0.144. The van der Waals surface area contributed by atoms with E-state index in [2.05, 4.69) is 16.7 Å². The van der Waals surface area contributed by atoms with E-state index >= 15 is 0 Å². The van der Waals surface area contributed by atoms with Crippen molar-refractivity contribution >= 4 is 11.6 Å². The molecule has 1 heterocycles. The zero-order valence-electron chi connectivity index (χ0n) is 10.0. The first kappa shape index (κ1) is 11.9.